The maximum atomic E-state index is 14.8. The Bertz CT molecular complexity index is 1090. The van der Waals surface area contributed by atoms with Crippen LogP contribution in [0.5, 0.6) is 0 Å². The Morgan fingerprint density at radius 2 is 2.07 bits per heavy atom. The van der Waals surface area contributed by atoms with Crippen molar-refractivity contribution >= 4 is 40.3 Å². The molecule has 5 rings (SSSR count). The summed E-state index contributed by atoms with van der Waals surface area (Å²) >= 11 is 1.37. The number of nitrogens with one attached hydrogen (secondary N) is 3. The van der Waals surface area contributed by atoms with Gasteiger partial charge in [-0.3, -0.25) is 9.89 Å². The number of benzene rings is 1. The van der Waals surface area contributed by atoms with Crippen molar-refractivity contribution in [3.8, 4) is 0 Å². The summed E-state index contributed by atoms with van der Waals surface area (Å²) in [4.78, 5) is 16.9. The number of hydrogen-bond donors (Lipinski definition) is 3. The molecule has 3 N–H and O–H groups in total. The van der Waals surface area contributed by atoms with Crippen LogP contribution < -0.4 is 10.0 Å². The maximum absolute atomic E-state index is 14.8. The second-order valence-corrected chi connectivity index (χ2v) is 8.43. The first-order chi connectivity index (χ1) is 14.1. The number of H-pyrrole nitrogens is 1. The second-order valence-electron chi connectivity index (χ2n) is 7.60. The molecule has 6 nitrogen and oxygen atoms in total. The number of halogens is 2. The molecule has 0 aliphatic heterocycles. The smallest absolute Gasteiger partial charge is 0.261 e. The van der Waals surface area contributed by atoms with Crippen molar-refractivity contribution in [3.63, 3.8) is 0 Å². The topological polar surface area (TPSA) is 82.7 Å². The van der Waals surface area contributed by atoms with Gasteiger partial charge in [0, 0.05) is 22.8 Å². The minimum Gasteiger partial charge on any atom is -0.327 e. The summed E-state index contributed by atoms with van der Waals surface area (Å²) in [5, 5.41) is 10.5. The van der Waals surface area contributed by atoms with E-state index in [1.165, 1.54) is 37.1 Å². The number of pyridine rings is 1. The highest BCUT2D eigenvalue weighted by molar-refractivity contribution is 8.00. The van der Waals surface area contributed by atoms with Gasteiger partial charge in [0.2, 0.25) is 0 Å². The molecule has 3 aromatic rings. The predicted octanol–water partition coefficient (Wildman–Crippen LogP) is 4.84. The maximum Gasteiger partial charge on any atom is 0.261 e. The average Bonchev–Trinajstić information content (AvgIpc) is 3.63. The van der Waals surface area contributed by atoms with Crippen LogP contribution in [0.2, 0.25) is 0 Å². The van der Waals surface area contributed by atoms with Gasteiger partial charge in [-0.1, -0.05) is 11.9 Å². The molecule has 2 fully saturated rings. The van der Waals surface area contributed by atoms with Gasteiger partial charge in [-0.05, 0) is 49.8 Å². The highest BCUT2D eigenvalue weighted by atomic mass is 32.2. The number of fused-ring (bicyclic) bond motifs is 1. The monoisotopic (exact) mass is 415 g/mol. The molecule has 1 aromatic carbocycles. The first-order valence-electron chi connectivity index (χ1n) is 9.61. The zero-order valence-corrected chi connectivity index (χ0v) is 16.3. The molecule has 150 valence electrons. The summed E-state index contributed by atoms with van der Waals surface area (Å²) < 4.78 is 31.9. The number of amides is 1. The Labute approximate surface area is 170 Å². The van der Waals surface area contributed by atoms with Crippen LogP contribution in [0.15, 0.2) is 24.4 Å². The van der Waals surface area contributed by atoms with Gasteiger partial charge in [0.15, 0.2) is 11.5 Å². The van der Waals surface area contributed by atoms with E-state index in [0.29, 0.717) is 23.2 Å². The van der Waals surface area contributed by atoms with Crippen LogP contribution in [0.3, 0.4) is 0 Å². The number of hydrogen-bond acceptors (Lipinski definition) is 5. The Morgan fingerprint density at radius 1 is 1.24 bits per heavy atom. The number of carbonyl (C=O) groups is 1. The molecule has 1 amide bonds. The SMILES string of the molecule is O=C(Nc1cnc2n[nH]c(C3CC3)c2c1)c1c(F)ccc(NSCC2CC2)c1F. The van der Waals surface area contributed by atoms with Crippen molar-refractivity contribution < 1.29 is 13.6 Å². The van der Waals surface area contributed by atoms with Crippen LogP contribution in [-0.2, 0) is 0 Å². The molecule has 0 unspecified atom stereocenters. The molecule has 2 saturated carbocycles. The summed E-state index contributed by atoms with van der Waals surface area (Å²) in [6, 6.07) is 4.14. The third kappa shape index (κ3) is 3.78. The van der Waals surface area contributed by atoms with E-state index in [4.69, 9.17) is 0 Å². The van der Waals surface area contributed by atoms with Crippen molar-refractivity contribution in [2.45, 2.75) is 31.6 Å². The molecule has 2 heterocycles. The van der Waals surface area contributed by atoms with Crippen LogP contribution in [-0.4, -0.2) is 26.8 Å². The van der Waals surface area contributed by atoms with E-state index in [-0.39, 0.29) is 5.69 Å². The van der Waals surface area contributed by atoms with Gasteiger partial charge >= 0.3 is 0 Å². The first-order valence-corrected chi connectivity index (χ1v) is 10.6. The zero-order valence-electron chi connectivity index (χ0n) is 15.5. The van der Waals surface area contributed by atoms with E-state index in [1.807, 2.05) is 0 Å². The number of rotatable bonds is 7. The molecule has 2 aromatic heterocycles. The van der Waals surface area contributed by atoms with Crippen molar-refractivity contribution in [3.05, 3.63) is 47.3 Å². The lowest BCUT2D eigenvalue weighted by Crippen LogP contribution is -2.17. The summed E-state index contributed by atoms with van der Waals surface area (Å²) in [5.41, 5.74) is 1.39. The molecular weight excluding hydrogens is 396 g/mol. The number of aromatic amines is 1. The molecule has 2 aliphatic rings. The molecule has 0 bridgehead atoms. The Kier molecular flexibility index (Phi) is 4.61. The van der Waals surface area contributed by atoms with Gasteiger partial charge in [-0.15, -0.1) is 0 Å². The molecule has 2 aliphatic carbocycles. The fourth-order valence-corrected chi connectivity index (χ4v) is 4.19. The van der Waals surface area contributed by atoms with E-state index >= 15 is 0 Å². The van der Waals surface area contributed by atoms with Crippen LogP contribution in [0.4, 0.5) is 20.2 Å². The van der Waals surface area contributed by atoms with Crippen molar-refractivity contribution in [2.75, 3.05) is 15.8 Å². The fraction of sp³-hybridized carbons (Fsp3) is 0.350. The van der Waals surface area contributed by atoms with Gasteiger partial charge in [0.05, 0.1) is 17.6 Å². The van der Waals surface area contributed by atoms with Crippen LogP contribution in [0, 0.1) is 17.6 Å². The summed E-state index contributed by atoms with van der Waals surface area (Å²) in [7, 11) is 0. The molecule has 29 heavy (non-hydrogen) atoms. The van der Waals surface area contributed by atoms with Crippen molar-refractivity contribution in [2.24, 2.45) is 5.92 Å². The second kappa shape index (κ2) is 7.29. The minimum atomic E-state index is -0.909. The molecular formula is C20H19F2N5OS. The van der Waals surface area contributed by atoms with Crippen LogP contribution in [0.25, 0.3) is 11.0 Å². The number of aromatic nitrogens is 3. The molecule has 0 atom stereocenters. The highest BCUT2D eigenvalue weighted by Crippen LogP contribution is 2.42. The van der Waals surface area contributed by atoms with Crippen molar-refractivity contribution in [1.82, 2.24) is 15.2 Å². The predicted molar refractivity (Wildman–Crippen MR) is 109 cm³/mol. The summed E-state index contributed by atoms with van der Waals surface area (Å²) in [6.07, 6.45) is 5.98. The number of anilines is 2. The van der Waals surface area contributed by atoms with Crippen LogP contribution in [0.1, 0.15) is 47.7 Å². The van der Waals surface area contributed by atoms with Gasteiger partial charge < -0.3 is 10.0 Å². The molecule has 9 heteroatoms. The summed E-state index contributed by atoms with van der Waals surface area (Å²) in [6.45, 7) is 0. The van der Waals surface area contributed by atoms with E-state index in [9.17, 15) is 13.6 Å². The van der Waals surface area contributed by atoms with Gasteiger partial charge in [-0.2, -0.15) is 5.10 Å². The third-order valence-corrected chi connectivity index (χ3v) is 6.20. The fourth-order valence-electron chi connectivity index (χ4n) is 3.22. The Balaban J connectivity index is 1.37. The average molecular weight is 415 g/mol. The van der Waals surface area contributed by atoms with Gasteiger partial charge in [0.25, 0.3) is 5.91 Å². The standard InChI is InChI=1S/C20H19F2N5OS/c21-14-5-6-15(27-29-9-10-1-2-10)17(22)16(14)20(28)24-12-7-13-18(11-3-4-11)25-26-19(13)23-8-12/h5-8,10-11,27H,1-4,9H2,(H,24,28)(H,23,25,26). The van der Waals surface area contributed by atoms with Crippen LogP contribution >= 0.6 is 11.9 Å². The Hall–Kier alpha value is -2.68. The zero-order chi connectivity index (χ0) is 20.0. The molecule has 0 saturated heterocycles. The highest BCUT2D eigenvalue weighted by Gasteiger charge is 2.28. The normalized spacial score (nSPS) is 16.2. The van der Waals surface area contributed by atoms with Gasteiger partial charge in [-0.25, -0.2) is 13.8 Å². The van der Waals surface area contributed by atoms with E-state index in [2.05, 4.69) is 25.2 Å². The Morgan fingerprint density at radius 3 is 2.83 bits per heavy atom. The number of nitrogens with zero attached hydrogens (tertiary/aromatic N) is 2. The molecule has 0 radical (unpaired) electrons. The quantitative estimate of drug-likeness (QED) is 0.481. The summed E-state index contributed by atoms with van der Waals surface area (Å²) in [5.74, 6) is -0.717. The van der Waals surface area contributed by atoms with Crippen molar-refractivity contribution in [1.29, 1.82) is 0 Å². The lowest BCUT2D eigenvalue weighted by atomic mass is 10.1. The van der Waals surface area contributed by atoms with E-state index in [1.54, 1.807) is 6.07 Å². The van der Waals surface area contributed by atoms with E-state index < -0.39 is 23.1 Å². The first kappa shape index (κ1) is 18.4. The minimum absolute atomic E-state index is 0.0987. The largest absolute Gasteiger partial charge is 0.327 e. The van der Waals surface area contributed by atoms with Gasteiger partial charge in [0.1, 0.15) is 11.4 Å². The lowest BCUT2D eigenvalue weighted by Gasteiger charge is -2.11. The van der Waals surface area contributed by atoms with E-state index in [0.717, 1.165) is 35.7 Å². The third-order valence-electron chi connectivity index (χ3n) is 5.20. The number of carbonyl (C=O) groups excluding carboxylic acids is 1. The molecule has 0 spiro atoms. The lowest BCUT2D eigenvalue weighted by molar-refractivity contribution is 0.101.